The number of nitrogens with two attached hydrogens (primary N) is 1. The van der Waals surface area contributed by atoms with Gasteiger partial charge in [0.25, 0.3) is 0 Å². The molecule has 110 valence electrons. The van der Waals surface area contributed by atoms with Crippen LogP contribution in [0.3, 0.4) is 0 Å². The molecule has 0 spiro atoms. The number of rotatable bonds is 5. The predicted octanol–water partition coefficient (Wildman–Crippen LogP) is 2.28. The van der Waals surface area contributed by atoms with Crippen LogP contribution in [-0.4, -0.2) is 10.9 Å². The minimum Gasteiger partial charge on any atom is -0.486 e. The smallest absolute Gasteiger partial charge is 0.222 e. The fraction of sp³-hybridized carbons (Fsp3) is 0.200. The van der Waals surface area contributed by atoms with Crippen molar-refractivity contribution in [3.05, 3.63) is 58.9 Å². The molecule has 0 fully saturated rings. The standard InChI is InChI=1S/C15H14F2N2O2/c1-9-6-10(4-5-19-9)8-21-13-3-2-12(16)11(15(13)17)7-14(18)20/h2-6H,7-8H2,1H3,(H2,18,20). The second kappa shape index (κ2) is 6.30. The van der Waals surface area contributed by atoms with Crippen LogP contribution < -0.4 is 10.5 Å². The highest BCUT2D eigenvalue weighted by atomic mass is 19.1. The number of aryl methyl sites for hydroxylation is 1. The van der Waals surface area contributed by atoms with Gasteiger partial charge in [-0.15, -0.1) is 0 Å². The van der Waals surface area contributed by atoms with Crippen molar-refractivity contribution in [3.8, 4) is 5.75 Å². The van der Waals surface area contributed by atoms with Crippen molar-refractivity contribution in [1.82, 2.24) is 4.98 Å². The average Bonchev–Trinajstić information content (AvgIpc) is 2.42. The van der Waals surface area contributed by atoms with Gasteiger partial charge in [0.15, 0.2) is 11.6 Å². The number of carbonyl (C=O) groups is 1. The lowest BCUT2D eigenvalue weighted by atomic mass is 10.1. The number of primary amides is 1. The van der Waals surface area contributed by atoms with Crippen LogP contribution in [0.1, 0.15) is 16.8 Å². The third kappa shape index (κ3) is 3.75. The lowest BCUT2D eigenvalue weighted by Crippen LogP contribution is -2.16. The average molecular weight is 292 g/mol. The number of hydrogen-bond donors (Lipinski definition) is 1. The Hall–Kier alpha value is -2.50. The Morgan fingerprint density at radius 2 is 2.10 bits per heavy atom. The van der Waals surface area contributed by atoms with Crippen LogP contribution in [0, 0.1) is 18.6 Å². The Balaban J connectivity index is 2.19. The topological polar surface area (TPSA) is 65.2 Å². The number of amides is 1. The van der Waals surface area contributed by atoms with E-state index in [0.717, 1.165) is 17.3 Å². The van der Waals surface area contributed by atoms with Crippen molar-refractivity contribution in [1.29, 1.82) is 0 Å². The minimum absolute atomic E-state index is 0.113. The monoisotopic (exact) mass is 292 g/mol. The number of aromatic nitrogens is 1. The summed E-state index contributed by atoms with van der Waals surface area (Å²) in [4.78, 5) is 14.9. The maximum absolute atomic E-state index is 14.1. The molecule has 6 heteroatoms. The number of halogens is 2. The highest BCUT2D eigenvalue weighted by Gasteiger charge is 2.16. The highest BCUT2D eigenvalue weighted by Crippen LogP contribution is 2.24. The molecule has 2 rings (SSSR count). The van der Waals surface area contributed by atoms with Gasteiger partial charge in [-0.2, -0.15) is 0 Å². The van der Waals surface area contributed by atoms with E-state index in [9.17, 15) is 13.6 Å². The van der Waals surface area contributed by atoms with Gasteiger partial charge in [-0.1, -0.05) is 0 Å². The van der Waals surface area contributed by atoms with E-state index in [0.29, 0.717) is 0 Å². The van der Waals surface area contributed by atoms with Crippen molar-refractivity contribution < 1.29 is 18.3 Å². The molecular weight excluding hydrogens is 278 g/mol. The Morgan fingerprint density at radius 3 is 2.76 bits per heavy atom. The van der Waals surface area contributed by atoms with Gasteiger partial charge >= 0.3 is 0 Å². The largest absolute Gasteiger partial charge is 0.486 e. The molecule has 0 atom stereocenters. The SMILES string of the molecule is Cc1cc(COc2ccc(F)c(CC(N)=O)c2F)ccn1. The molecule has 0 radical (unpaired) electrons. The quantitative estimate of drug-likeness (QED) is 0.919. The zero-order valence-electron chi connectivity index (χ0n) is 11.4. The van der Waals surface area contributed by atoms with Crippen molar-refractivity contribution in [2.75, 3.05) is 0 Å². The Labute approximate surface area is 120 Å². The maximum atomic E-state index is 14.1. The molecule has 0 aliphatic carbocycles. The molecule has 1 aromatic heterocycles. The fourth-order valence-corrected chi connectivity index (χ4v) is 1.88. The first-order valence-electron chi connectivity index (χ1n) is 6.27. The summed E-state index contributed by atoms with van der Waals surface area (Å²) >= 11 is 0. The molecule has 0 saturated heterocycles. The van der Waals surface area contributed by atoms with E-state index in [2.05, 4.69) is 4.98 Å². The molecule has 1 amide bonds. The van der Waals surface area contributed by atoms with Gasteiger partial charge in [0.2, 0.25) is 5.91 Å². The highest BCUT2D eigenvalue weighted by molar-refractivity contribution is 5.76. The van der Waals surface area contributed by atoms with Crippen LogP contribution in [0.15, 0.2) is 30.5 Å². The second-order valence-electron chi connectivity index (χ2n) is 4.58. The number of carbonyl (C=O) groups excluding carboxylic acids is 1. The molecule has 2 N–H and O–H groups in total. The summed E-state index contributed by atoms with van der Waals surface area (Å²) in [6, 6.07) is 5.77. The van der Waals surface area contributed by atoms with Gasteiger partial charge in [-0.05, 0) is 36.8 Å². The van der Waals surface area contributed by atoms with Crippen LogP contribution in [0.25, 0.3) is 0 Å². The molecule has 4 nitrogen and oxygen atoms in total. The molecule has 0 unspecified atom stereocenters. The maximum Gasteiger partial charge on any atom is 0.222 e. The van der Waals surface area contributed by atoms with Gasteiger partial charge in [0.1, 0.15) is 12.4 Å². The summed E-state index contributed by atoms with van der Waals surface area (Å²) in [5.74, 6) is -2.66. The molecule has 21 heavy (non-hydrogen) atoms. The second-order valence-corrected chi connectivity index (χ2v) is 4.58. The lowest BCUT2D eigenvalue weighted by Gasteiger charge is -2.10. The fourth-order valence-electron chi connectivity index (χ4n) is 1.88. The Morgan fingerprint density at radius 1 is 1.33 bits per heavy atom. The van der Waals surface area contributed by atoms with E-state index in [1.165, 1.54) is 6.07 Å². The molecule has 0 aliphatic heterocycles. The van der Waals surface area contributed by atoms with Crippen molar-refractivity contribution in [3.63, 3.8) is 0 Å². The van der Waals surface area contributed by atoms with Gasteiger partial charge < -0.3 is 10.5 Å². The minimum atomic E-state index is -0.903. The van der Waals surface area contributed by atoms with Crippen LogP contribution in [0.5, 0.6) is 5.75 Å². The summed E-state index contributed by atoms with van der Waals surface area (Å²) in [7, 11) is 0. The van der Waals surface area contributed by atoms with E-state index >= 15 is 0 Å². The first-order valence-corrected chi connectivity index (χ1v) is 6.27. The first kappa shape index (κ1) is 14.9. The zero-order chi connectivity index (χ0) is 15.4. The summed E-state index contributed by atoms with van der Waals surface area (Å²) in [6.45, 7) is 1.94. The van der Waals surface area contributed by atoms with Crippen molar-refractivity contribution in [2.45, 2.75) is 20.0 Å². The van der Waals surface area contributed by atoms with Crippen molar-refractivity contribution >= 4 is 5.91 Å². The third-order valence-electron chi connectivity index (χ3n) is 2.86. The molecule has 1 aromatic carbocycles. The molecule has 0 saturated carbocycles. The Bertz CT molecular complexity index is 675. The van der Waals surface area contributed by atoms with Crippen molar-refractivity contribution in [2.24, 2.45) is 5.73 Å². The van der Waals surface area contributed by atoms with Gasteiger partial charge in [-0.3, -0.25) is 9.78 Å². The number of nitrogens with zero attached hydrogens (tertiary/aromatic N) is 1. The molecule has 0 aliphatic rings. The van der Waals surface area contributed by atoms with E-state index in [1.54, 1.807) is 18.3 Å². The summed E-state index contributed by atoms with van der Waals surface area (Å²) in [5.41, 5.74) is 6.21. The number of pyridine rings is 1. The van der Waals surface area contributed by atoms with Crippen LogP contribution in [0.2, 0.25) is 0 Å². The lowest BCUT2D eigenvalue weighted by molar-refractivity contribution is -0.117. The van der Waals surface area contributed by atoms with Gasteiger partial charge in [0.05, 0.1) is 6.42 Å². The molecule has 0 bridgehead atoms. The molecule has 2 aromatic rings. The van der Waals surface area contributed by atoms with E-state index in [-0.39, 0.29) is 17.9 Å². The third-order valence-corrected chi connectivity index (χ3v) is 2.86. The van der Waals surface area contributed by atoms with Crippen LogP contribution >= 0.6 is 0 Å². The normalized spacial score (nSPS) is 10.4. The van der Waals surface area contributed by atoms with E-state index in [1.807, 2.05) is 6.92 Å². The number of ether oxygens (including phenoxy) is 1. The summed E-state index contributed by atoms with van der Waals surface area (Å²) < 4.78 is 32.9. The zero-order valence-corrected chi connectivity index (χ0v) is 11.4. The van der Waals surface area contributed by atoms with Crippen LogP contribution in [-0.2, 0) is 17.8 Å². The summed E-state index contributed by atoms with van der Waals surface area (Å²) in [5, 5.41) is 0. The molecule has 1 heterocycles. The van der Waals surface area contributed by atoms with Gasteiger partial charge in [0, 0.05) is 17.5 Å². The predicted molar refractivity (Wildman–Crippen MR) is 72.6 cm³/mol. The number of benzene rings is 1. The van der Waals surface area contributed by atoms with E-state index < -0.39 is 24.0 Å². The van der Waals surface area contributed by atoms with Crippen LogP contribution in [0.4, 0.5) is 8.78 Å². The van der Waals surface area contributed by atoms with Gasteiger partial charge in [-0.25, -0.2) is 8.78 Å². The van der Waals surface area contributed by atoms with E-state index in [4.69, 9.17) is 10.5 Å². The number of hydrogen-bond acceptors (Lipinski definition) is 3. The first-order chi connectivity index (χ1) is 9.97. The Kier molecular flexibility index (Phi) is 4.47. The summed E-state index contributed by atoms with van der Waals surface area (Å²) in [6.07, 6.45) is 1.11. The molecular formula is C15H14F2N2O2.